The van der Waals surface area contributed by atoms with Gasteiger partial charge in [-0.05, 0) is 18.6 Å². The summed E-state index contributed by atoms with van der Waals surface area (Å²) in [5.41, 5.74) is 4.04. The topological polar surface area (TPSA) is 30.2 Å². The van der Waals surface area contributed by atoms with Gasteiger partial charge in [0.25, 0.3) is 0 Å². The van der Waals surface area contributed by atoms with Crippen LogP contribution in [0.15, 0.2) is 48.8 Å². The minimum atomic E-state index is 0.924. The molecule has 3 nitrogen and oxygen atoms in total. The number of fused-ring (bicyclic) bond motifs is 5. The van der Waals surface area contributed by atoms with Crippen LogP contribution < -0.4 is 0 Å². The molecule has 4 rings (SSSR count). The van der Waals surface area contributed by atoms with Gasteiger partial charge in [-0.15, -0.1) is 0 Å². The fourth-order valence-corrected chi connectivity index (χ4v) is 2.40. The number of nitrogens with zero attached hydrogens (tertiary/aromatic N) is 3. The molecule has 0 unspecified atom stereocenters. The fourth-order valence-electron chi connectivity index (χ4n) is 2.40. The standard InChI is InChI=1S/C15H11N3/c1-10-6-7-13-17-14-12-5-3-2-4-11(12)8-16-15(14)18(13)9-10/h2-9H,1H3. The minimum Gasteiger partial charge on any atom is -0.284 e. The molecule has 3 heteroatoms. The maximum Gasteiger partial charge on any atom is 0.165 e. The molecule has 0 saturated carbocycles. The first-order valence-corrected chi connectivity index (χ1v) is 5.95. The molecule has 0 aliphatic heterocycles. The summed E-state index contributed by atoms with van der Waals surface area (Å²) in [6.07, 6.45) is 3.99. The Morgan fingerprint density at radius 3 is 2.89 bits per heavy atom. The Kier molecular flexibility index (Phi) is 1.75. The maximum absolute atomic E-state index is 4.68. The van der Waals surface area contributed by atoms with Crippen molar-refractivity contribution in [2.24, 2.45) is 0 Å². The zero-order chi connectivity index (χ0) is 12.1. The second-order valence-corrected chi connectivity index (χ2v) is 4.56. The van der Waals surface area contributed by atoms with E-state index in [0.717, 1.165) is 27.6 Å². The lowest BCUT2D eigenvalue weighted by atomic mass is 10.1. The van der Waals surface area contributed by atoms with Crippen molar-refractivity contribution in [3.63, 3.8) is 0 Å². The molecule has 0 atom stereocenters. The molecule has 86 valence electrons. The van der Waals surface area contributed by atoms with E-state index in [1.54, 1.807) is 0 Å². The lowest BCUT2D eigenvalue weighted by molar-refractivity contribution is 1.16. The number of aryl methyl sites for hydroxylation is 1. The second-order valence-electron chi connectivity index (χ2n) is 4.56. The number of hydrogen-bond donors (Lipinski definition) is 0. The van der Waals surface area contributed by atoms with Gasteiger partial charge < -0.3 is 0 Å². The summed E-state index contributed by atoms with van der Waals surface area (Å²) < 4.78 is 2.05. The summed E-state index contributed by atoms with van der Waals surface area (Å²) >= 11 is 0. The molecule has 1 aromatic carbocycles. The summed E-state index contributed by atoms with van der Waals surface area (Å²) in [7, 11) is 0. The van der Waals surface area contributed by atoms with Crippen LogP contribution in [0.4, 0.5) is 0 Å². The molecule has 0 saturated heterocycles. The van der Waals surface area contributed by atoms with Crippen molar-refractivity contribution >= 4 is 27.6 Å². The van der Waals surface area contributed by atoms with E-state index >= 15 is 0 Å². The fraction of sp³-hybridized carbons (Fsp3) is 0.0667. The number of aromatic nitrogens is 3. The molecule has 0 fully saturated rings. The number of rotatable bonds is 0. The van der Waals surface area contributed by atoms with Crippen molar-refractivity contribution in [2.45, 2.75) is 6.92 Å². The largest absolute Gasteiger partial charge is 0.284 e. The molecule has 3 heterocycles. The number of benzene rings is 1. The highest BCUT2D eigenvalue weighted by molar-refractivity contribution is 6.03. The Bertz CT molecular complexity index is 890. The molecule has 0 amide bonds. The molecular weight excluding hydrogens is 222 g/mol. The molecule has 0 bridgehead atoms. The van der Waals surface area contributed by atoms with E-state index < -0.39 is 0 Å². The van der Waals surface area contributed by atoms with Crippen LogP contribution in [0.3, 0.4) is 0 Å². The van der Waals surface area contributed by atoms with Gasteiger partial charge in [-0.1, -0.05) is 30.3 Å². The molecule has 0 N–H and O–H groups in total. The van der Waals surface area contributed by atoms with Crippen LogP contribution in [-0.2, 0) is 0 Å². The Morgan fingerprint density at radius 2 is 1.94 bits per heavy atom. The number of pyridine rings is 2. The Hall–Kier alpha value is -2.42. The Balaban J connectivity index is 2.30. The predicted molar refractivity (Wildman–Crippen MR) is 72.7 cm³/mol. The highest BCUT2D eigenvalue weighted by atomic mass is 15.1. The van der Waals surface area contributed by atoms with Crippen LogP contribution in [-0.4, -0.2) is 14.4 Å². The first-order valence-electron chi connectivity index (χ1n) is 5.95. The third-order valence-corrected chi connectivity index (χ3v) is 3.28. The van der Waals surface area contributed by atoms with Crippen LogP contribution in [0.2, 0.25) is 0 Å². The quantitative estimate of drug-likeness (QED) is 0.466. The van der Waals surface area contributed by atoms with Crippen LogP contribution in [0.5, 0.6) is 0 Å². The third kappa shape index (κ3) is 1.19. The zero-order valence-electron chi connectivity index (χ0n) is 9.96. The van der Waals surface area contributed by atoms with Crippen molar-refractivity contribution in [1.82, 2.24) is 14.4 Å². The van der Waals surface area contributed by atoms with Gasteiger partial charge in [0.1, 0.15) is 11.2 Å². The monoisotopic (exact) mass is 233 g/mol. The van der Waals surface area contributed by atoms with E-state index in [2.05, 4.69) is 45.7 Å². The van der Waals surface area contributed by atoms with Gasteiger partial charge in [0.05, 0.1) is 0 Å². The average Bonchev–Trinajstić information content (AvgIpc) is 2.77. The first kappa shape index (κ1) is 9.59. The zero-order valence-corrected chi connectivity index (χ0v) is 9.96. The molecule has 0 radical (unpaired) electrons. The summed E-state index contributed by atoms with van der Waals surface area (Å²) in [6, 6.07) is 12.3. The lowest BCUT2D eigenvalue weighted by Gasteiger charge is -1.98. The SMILES string of the molecule is Cc1ccc2nc3c4ccccc4cnc3n2c1. The normalized spacial score (nSPS) is 11.6. The smallest absolute Gasteiger partial charge is 0.165 e. The molecule has 18 heavy (non-hydrogen) atoms. The molecular formula is C15H11N3. The second kappa shape index (κ2) is 3.29. The maximum atomic E-state index is 4.68. The molecule has 0 aliphatic rings. The Labute approximate surface area is 104 Å². The van der Waals surface area contributed by atoms with Crippen LogP contribution in [0.25, 0.3) is 27.6 Å². The third-order valence-electron chi connectivity index (χ3n) is 3.28. The average molecular weight is 233 g/mol. The van der Waals surface area contributed by atoms with E-state index in [-0.39, 0.29) is 0 Å². The van der Waals surface area contributed by atoms with Gasteiger partial charge in [0.15, 0.2) is 5.65 Å². The van der Waals surface area contributed by atoms with Crippen molar-refractivity contribution in [3.8, 4) is 0 Å². The highest BCUT2D eigenvalue weighted by Crippen LogP contribution is 2.23. The van der Waals surface area contributed by atoms with Gasteiger partial charge in [0.2, 0.25) is 0 Å². The van der Waals surface area contributed by atoms with Crippen LogP contribution in [0.1, 0.15) is 5.56 Å². The summed E-state index contributed by atoms with van der Waals surface area (Å²) in [6.45, 7) is 2.08. The van der Waals surface area contributed by atoms with Gasteiger partial charge in [-0.2, -0.15) is 0 Å². The van der Waals surface area contributed by atoms with Crippen molar-refractivity contribution < 1.29 is 0 Å². The molecule has 4 aromatic rings. The van der Waals surface area contributed by atoms with E-state index in [4.69, 9.17) is 0 Å². The van der Waals surface area contributed by atoms with Gasteiger partial charge in [0, 0.05) is 23.2 Å². The van der Waals surface area contributed by atoms with Crippen LogP contribution >= 0.6 is 0 Å². The molecule has 3 aromatic heterocycles. The summed E-state index contributed by atoms with van der Waals surface area (Å²) in [4.78, 5) is 9.22. The first-order chi connectivity index (χ1) is 8.83. The summed E-state index contributed by atoms with van der Waals surface area (Å²) in [5.74, 6) is 0. The van der Waals surface area contributed by atoms with Crippen molar-refractivity contribution in [3.05, 3.63) is 54.4 Å². The predicted octanol–water partition coefficient (Wildman–Crippen LogP) is 3.34. The van der Waals surface area contributed by atoms with E-state index in [0.29, 0.717) is 0 Å². The van der Waals surface area contributed by atoms with E-state index in [1.807, 2.05) is 24.4 Å². The van der Waals surface area contributed by atoms with Gasteiger partial charge >= 0.3 is 0 Å². The van der Waals surface area contributed by atoms with Crippen LogP contribution in [0, 0.1) is 6.92 Å². The minimum absolute atomic E-state index is 0.924. The van der Waals surface area contributed by atoms with Gasteiger partial charge in [-0.25, -0.2) is 9.97 Å². The number of hydrogen-bond acceptors (Lipinski definition) is 2. The summed E-state index contributed by atoms with van der Waals surface area (Å²) in [5, 5.41) is 2.29. The van der Waals surface area contributed by atoms with E-state index in [1.165, 1.54) is 5.56 Å². The van der Waals surface area contributed by atoms with Crippen molar-refractivity contribution in [2.75, 3.05) is 0 Å². The van der Waals surface area contributed by atoms with Gasteiger partial charge in [-0.3, -0.25) is 4.40 Å². The Morgan fingerprint density at radius 1 is 1.06 bits per heavy atom. The lowest BCUT2D eigenvalue weighted by Crippen LogP contribution is -1.87. The number of imidazole rings is 1. The van der Waals surface area contributed by atoms with Crippen molar-refractivity contribution in [1.29, 1.82) is 0 Å². The molecule has 0 aliphatic carbocycles. The molecule has 0 spiro atoms. The van der Waals surface area contributed by atoms with E-state index in [9.17, 15) is 0 Å². The highest BCUT2D eigenvalue weighted by Gasteiger charge is 2.08.